The summed E-state index contributed by atoms with van der Waals surface area (Å²) >= 11 is 1.33. The molecular weight excluding hydrogens is 234 g/mol. The van der Waals surface area contributed by atoms with Crippen LogP contribution in [0.1, 0.15) is 42.4 Å². The van der Waals surface area contributed by atoms with Gasteiger partial charge in [-0.1, -0.05) is 6.92 Å². The van der Waals surface area contributed by atoms with Gasteiger partial charge in [-0.25, -0.2) is 0 Å². The highest BCUT2D eigenvalue weighted by Crippen LogP contribution is 2.38. The van der Waals surface area contributed by atoms with E-state index < -0.39 is 0 Å². The van der Waals surface area contributed by atoms with Crippen LogP contribution >= 0.6 is 11.3 Å². The molecule has 0 saturated heterocycles. The van der Waals surface area contributed by atoms with E-state index in [9.17, 15) is 4.79 Å². The van der Waals surface area contributed by atoms with Gasteiger partial charge in [0.1, 0.15) is 16.6 Å². The molecule has 1 aromatic rings. The van der Waals surface area contributed by atoms with Gasteiger partial charge < -0.3 is 10.6 Å². The van der Waals surface area contributed by atoms with Crippen molar-refractivity contribution in [3.8, 4) is 6.07 Å². The lowest BCUT2D eigenvalue weighted by molar-refractivity contribution is 0.0993. The number of hydrogen-bond donors (Lipinski definition) is 1. The molecule has 0 atom stereocenters. The van der Waals surface area contributed by atoms with Crippen molar-refractivity contribution in [2.24, 2.45) is 0 Å². The number of nitriles is 1. The number of rotatable bonds is 5. The Morgan fingerprint density at radius 2 is 2.00 bits per heavy atom. The fraction of sp³-hybridized carbons (Fsp3) is 0.500. The monoisotopic (exact) mass is 251 g/mol. The SMILES string of the molecule is CCC(=O)c1sc(N(CC)CC)c(C#N)c1N. The molecule has 92 valence electrons. The first-order chi connectivity index (χ1) is 8.10. The predicted octanol–water partition coefficient (Wildman–Crippen LogP) is 2.64. The van der Waals surface area contributed by atoms with Crippen LogP contribution in [0.25, 0.3) is 0 Å². The number of nitrogens with zero attached hydrogens (tertiary/aromatic N) is 2. The van der Waals surface area contributed by atoms with Gasteiger partial charge >= 0.3 is 0 Å². The van der Waals surface area contributed by atoms with Crippen molar-refractivity contribution in [3.05, 3.63) is 10.4 Å². The zero-order chi connectivity index (χ0) is 13.0. The van der Waals surface area contributed by atoms with E-state index in [1.165, 1.54) is 11.3 Å². The number of ketones is 1. The van der Waals surface area contributed by atoms with Crippen molar-refractivity contribution in [1.29, 1.82) is 5.26 Å². The molecule has 0 aliphatic rings. The first kappa shape index (κ1) is 13.5. The first-order valence-corrected chi connectivity index (χ1v) is 6.52. The van der Waals surface area contributed by atoms with Gasteiger partial charge in [-0.05, 0) is 13.8 Å². The van der Waals surface area contributed by atoms with Crippen LogP contribution in [0.2, 0.25) is 0 Å². The number of anilines is 2. The standard InChI is InChI=1S/C12H17N3OS/c1-4-9(16)11-10(14)8(7-13)12(17-11)15(5-2)6-3/h4-6,14H2,1-3H3. The van der Waals surface area contributed by atoms with E-state index in [-0.39, 0.29) is 5.78 Å². The third-order valence-electron chi connectivity index (χ3n) is 2.66. The summed E-state index contributed by atoms with van der Waals surface area (Å²) in [5.41, 5.74) is 6.66. The molecular formula is C12H17N3OS. The second-order valence-corrected chi connectivity index (χ2v) is 4.58. The summed E-state index contributed by atoms with van der Waals surface area (Å²) in [7, 11) is 0. The fourth-order valence-corrected chi connectivity index (χ4v) is 2.95. The van der Waals surface area contributed by atoms with Gasteiger partial charge in [0.05, 0.1) is 10.6 Å². The van der Waals surface area contributed by atoms with Crippen LogP contribution in [0.4, 0.5) is 10.7 Å². The first-order valence-electron chi connectivity index (χ1n) is 5.71. The summed E-state index contributed by atoms with van der Waals surface area (Å²) in [5, 5.41) is 9.96. The average Bonchev–Trinajstić information content (AvgIpc) is 2.67. The van der Waals surface area contributed by atoms with Gasteiger partial charge in [0.25, 0.3) is 0 Å². The van der Waals surface area contributed by atoms with Crippen molar-refractivity contribution >= 4 is 27.8 Å². The van der Waals surface area contributed by atoms with Gasteiger partial charge in [-0.15, -0.1) is 11.3 Å². The quantitative estimate of drug-likeness (QED) is 0.817. The van der Waals surface area contributed by atoms with Gasteiger partial charge in [0.15, 0.2) is 5.78 Å². The smallest absolute Gasteiger partial charge is 0.174 e. The second-order valence-electron chi connectivity index (χ2n) is 3.59. The Labute approximate surface area is 106 Å². The number of carbonyl (C=O) groups excluding carboxylic acids is 1. The van der Waals surface area contributed by atoms with Crippen molar-refractivity contribution in [3.63, 3.8) is 0 Å². The van der Waals surface area contributed by atoms with Crippen LogP contribution in [0, 0.1) is 11.3 Å². The predicted molar refractivity (Wildman–Crippen MR) is 71.6 cm³/mol. The molecule has 0 fully saturated rings. The van der Waals surface area contributed by atoms with Crippen LogP contribution in [0.5, 0.6) is 0 Å². The minimum absolute atomic E-state index is 0.00223. The number of thiophene rings is 1. The molecule has 2 N–H and O–H groups in total. The number of Topliss-reactive ketones (excluding diaryl/α,β-unsaturated/α-hetero) is 1. The number of hydrogen-bond acceptors (Lipinski definition) is 5. The highest BCUT2D eigenvalue weighted by molar-refractivity contribution is 7.19. The molecule has 17 heavy (non-hydrogen) atoms. The van der Waals surface area contributed by atoms with Crippen LogP contribution in [0.3, 0.4) is 0 Å². The highest BCUT2D eigenvalue weighted by atomic mass is 32.1. The Kier molecular flexibility index (Phi) is 4.53. The Bertz CT molecular complexity index is 455. The molecule has 0 amide bonds. The van der Waals surface area contributed by atoms with E-state index in [0.29, 0.717) is 22.5 Å². The maximum Gasteiger partial charge on any atom is 0.174 e. The average molecular weight is 251 g/mol. The highest BCUT2D eigenvalue weighted by Gasteiger charge is 2.22. The molecule has 0 saturated carbocycles. The van der Waals surface area contributed by atoms with E-state index in [4.69, 9.17) is 11.0 Å². The summed E-state index contributed by atoms with van der Waals surface area (Å²) in [6.07, 6.45) is 0.410. The van der Waals surface area contributed by atoms with Crippen molar-refractivity contribution in [2.45, 2.75) is 27.2 Å². The van der Waals surface area contributed by atoms with E-state index in [0.717, 1.165) is 18.1 Å². The molecule has 1 aromatic heterocycles. The number of carbonyl (C=O) groups is 1. The van der Waals surface area contributed by atoms with E-state index in [1.807, 2.05) is 18.7 Å². The lowest BCUT2D eigenvalue weighted by Crippen LogP contribution is -2.21. The summed E-state index contributed by atoms with van der Waals surface area (Å²) in [6.45, 7) is 7.42. The molecule has 0 bridgehead atoms. The second kappa shape index (κ2) is 5.69. The summed E-state index contributed by atoms with van der Waals surface area (Å²) in [6, 6.07) is 2.10. The maximum atomic E-state index is 11.7. The Hall–Kier alpha value is -1.54. The third kappa shape index (κ3) is 2.42. The van der Waals surface area contributed by atoms with Crippen molar-refractivity contribution in [2.75, 3.05) is 23.7 Å². The molecule has 1 heterocycles. The van der Waals surface area contributed by atoms with Crippen LogP contribution < -0.4 is 10.6 Å². The number of nitrogen functional groups attached to an aromatic ring is 1. The minimum Gasteiger partial charge on any atom is -0.396 e. The summed E-state index contributed by atoms with van der Waals surface area (Å²) in [5.74, 6) is 0.00223. The van der Waals surface area contributed by atoms with Crippen LogP contribution in [-0.4, -0.2) is 18.9 Å². The van der Waals surface area contributed by atoms with Gasteiger partial charge in [0, 0.05) is 19.5 Å². The molecule has 4 nitrogen and oxygen atoms in total. The lowest BCUT2D eigenvalue weighted by atomic mass is 10.2. The molecule has 0 aliphatic heterocycles. The zero-order valence-corrected chi connectivity index (χ0v) is 11.2. The van der Waals surface area contributed by atoms with Gasteiger partial charge in [-0.2, -0.15) is 5.26 Å². The topological polar surface area (TPSA) is 70.1 Å². The summed E-state index contributed by atoms with van der Waals surface area (Å²) < 4.78 is 0. The van der Waals surface area contributed by atoms with E-state index in [2.05, 4.69) is 6.07 Å². The minimum atomic E-state index is 0.00223. The molecule has 0 spiro atoms. The molecule has 5 heteroatoms. The van der Waals surface area contributed by atoms with Crippen LogP contribution in [0.15, 0.2) is 0 Å². The molecule has 0 aromatic carbocycles. The normalized spacial score (nSPS) is 10.0. The Morgan fingerprint density at radius 1 is 1.41 bits per heavy atom. The summed E-state index contributed by atoms with van der Waals surface area (Å²) in [4.78, 5) is 14.3. The van der Waals surface area contributed by atoms with Gasteiger partial charge in [0.2, 0.25) is 0 Å². The van der Waals surface area contributed by atoms with Crippen molar-refractivity contribution in [1.82, 2.24) is 0 Å². The maximum absolute atomic E-state index is 11.7. The van der Waals surface area contributed by atoms with Gasteiger partial charge in [-0.3, -0.25) is 4.79 Å². The third-order valence-corrected chi connectivity index (χ3v) is 3.97. The molecule has 0 unspecified atom stereocenters. The Balaban J connectivity index is 3.33. The van der Waals surface area contributed by atoms with Crippen molar-refractivity contribution < 1.29 is 4.79 Å². The fourth-order valence-electron chi connectivity index (χ4n) is 1.64. The number of nitrogens with two attached hydrogens (primary N) is 1. The van der Waals surface area contributed by atoms with Crippen LogP contribution in [-0.2, 0) is 0 Å². The molecule has 0 radical (unpaired) electrons. The molecule has 1 rings (SSSR count). The largest absolute Gasteiger partial charge is 0.396 e. The van der Waals surface area contributed by atoms with E-state index in [1.54, 1.807) is 6.92 Å². The molecule has 0 aliphatic carbocycles. The zero-order valence-electron chi connectivity index (χ0n) is 10.4. The van der Waals surface area contributed by atoms with E-state index >= 15 is 0 Å². The lowest BCUT2D eigenvalue weighted by Gasteiger charge is -2.18. The Morgan fingerprint density at radius 3 is 2.41 bits per heavy atom.